The summed E-state index contributed by atoms with van der Waals surface area (Å²) in [4.78, 5) is 13.7. The number of hydrogen-bond donors (Lipinski definition) is 2. The van der Waals surface area contributed by atoms with Crippen LogP contribution in [0, 0.1) is 5.92 Å². The molecular weight excluding hydrogens is 226 g/mol. The van der Waals surface area contributed by atoms with Crippen LogP contribution in [0.1, 0.15) is 52.9 Å². The second-order valence-corrected chi connectivity index (χ2v) is 6.23. The Labute approximate surface area is 111 Å². The van der Waals surface area contributed by atoms with Crippen LogP contribution < -0.4 is 11.5 Å². The second kappa shape index (κ2) is 6.53. The van der Waals surface area contributed by atoms with Crippen LogP contribution in [0.3, 0.4) is 0 Å². The molecule has 0 radical (unpaired) electrons. The van der Waals surface area contributed by atoms with E-state index in [0.29, 0.717) is 6.42 Å². The monoisotopic (exact) mass is 255 g/mol. The molecule has 0 spiro atoms. The quantitative estimate of drug-likeness (QED) is 0.677. The van der Waals surface area contributed by atoms with Crippen molar-refractivity contribution in [3.05, 3.63) is 0 Å². The highest BCUT2D eigenvalue weighted by atomic mass is 16.1. The van der Waals surface area contributed by atoms with Gasteiger partial charge < -0.3 is 16.4 Å². The van der Waals surface area contributed by atoms with E-state index in [1.807, 2.05) is 0 Å². The average molecular weight is 255 g/mol. The predicted octanol–water partition coefficient (Wildman–Crippen LogP) is 1.48. The summed E-state index contributed by atoms with van der Waals surface area (Å²) in [6.45, 7) is 8.67. The minimum Gasteiger partial charge on any atom is -0.368 e. The third-order valence-electron chi connectivity index (χ3n) is 4.14. The van der Waals surface area contributed by atoms with Gasteiger partial charge in [-0.2, -0.15) is 0 Å². The molecule has 0 aromatic rings. The molecule has 106 valence electrons. The van der Waals surface area contributed by atoms with E-state index < -0.39 is 11.4 Å². The van der Waals surface area contributed by atoms with Gasteiger partial charge in [-0.05, 0) is 58.0 Å². The largest absolute Gasteiger partial charge is 0.368 e. The fraction of sp³-hybridized carbons (Fsp3) is 0.929. The Kier molecular flexibility index (Phi) is 5.60. The molecule has 1 aliphatic rings. The SMILES string of the molecule is CC(C)C1CCCN1CCCCC(C)(N)C(N)=O. The van der Waals surface area contributed by atoms with Crippen molar-refractivity contribution in [1.29, 1.82) is 0 Å². The number of likely N-dealkylation sites (tertiary alicyclic amines) is 1. The number of nitrogens with zero attached hydrogens (tertiary/aromatic N) is 1. The summed E-state index contributed by atoms with van der Waals surface area (Å²) in [5.41, 5.74) is 10.3. The first-order chi connectivity index (χ1) is 8.34. The number of primary amides is 1. The van der Waals surface area contributed by atoms with Crippen LogP contribution in [0.2, 0.25) is 0 Å². The molecule has 0 aromatic carbocycles. The first-order valence-corrected chi connectivity index (χ1v) is 7.17. The minimum absolute atomic E-state index is 0.399. The first-order valence-electron chi connectivity index (χ1n) is 7.17. The van der Waals surface area contributed by atoms with Gasteiger partial charge in [-0.1, -0.05) is 13.8 Å². The maximum absolute atomic E-state index is 11.1. The van der Waals surface area contributed by atoms with Crippen LogP contribution in [-0.4, -0.2) is 35.5 Å². The molecule has 0 bridgehead atoms. The fourth-order valence-electron chi connectivity index (χ4n) is 2.81. The molecule has 4 N–H and O–H groups in total. The molecular formula is C14H29N3O. The summed E-state index contributed by atoms with van der Waals surface area (Å²) >= 11 is 0. The van der Waals surface area contributed by atoms with Crippen molar-refractivity contribution in [3.8, 4) is 0 Å². The number of nitrogens with two attached hydrogens (primary N) is 2. The zero-order valence-corrected chi connectivity index (χ0v) is 12.1. The van der Waals surface area contributed by atoms with Crippen LogP contribution in [-0.2, 0) is 4.79 Å². The molecule has 1 aliphatic heterocycles. The minimum atomic E-state index is -0.845. The second-order valence-electron chi connectivity index (χ2n) is 6.23. The van der Waals surface area contributed by atoms with E-state index >= 15 is 0 Å². The molecule has 0 aromatic heterocycles. The molecule has 1 fully saturated rings. The molecule has 4 nitrogen and oxygen atoms in total. The number of rotatable bonds is 7. The summed E-state index contributed by atoms with van der Waals surface area (Å²) in [5, 5.41) is 0. The zero-order valence-electron chi connectivity index (χ0n) is 12.1. The molecule has 1 saturated heterocycles. The maximum Gasteiger partial charge on any atom is 0.237 e. The van der Waals surface area contributed by atoms with Crippen LogP contribution in [0.5, 0.6) is 0 Å². The van der Waals surface area contributed by atoms with E-state index in [4.69, 9.17) is 11.5 Å². The normalized spacial score (nSPS) is 24.4. The van der Waals surface area contributed by atoms with Gasteiger partial charge in [0.25, 0.3) is 0 Å². The topological polar surface area (TPSA) is 72.3 Å². The van der Waals surface area contributed by atoms with Crippen LogP contribution in [0.25, 0.3) is 0 Å². The van der Waals surface area contributed by atoms with Crippen LogP contribution >= 0.6 is 0 Å². The summed E-state index contributed by atoms with van der Waals surface area (Å²) in [6.07, 6.45) is 5.40. The summed E-state index contributed by atoms with van der Waals surface area (Å²) in [5.74, 6) is 0.335. The maximum atomic E-state index is 11.1. The Morgan fingerprint density at radius 1 is 1.44 bits per heavy atom. The lowest BCUT2D eigenvalue weighted by atomic mass is 9.95. The Morgan fingerprint density at radius 3 is 2.67 bits per heavy atom. The van der Waals surface area contributed by atoms with E-state index in [9.17, 15) is 4.79 Å². The number of unbranched alkanes of at least 4 members (excludes halogenated alkanes) is 1. The van der Waals surface area contributed by atoms with Gasteiger partial charge in [0.2, 0.25) is 5.91 Å². The van der Waals surface area contributed by atoms with Crippen LogP contribution in [0.4, 0.5) is 0 Å². The van der Waals surface area contributed by atoms with Crippen molar-refractivity contribution in [1.82, 2.24) is 4.90 Å². The molecule has 1 amide bonds. The lowest BCUT2D eigenvalue weighted by Gasteiger charge is -2.28. The highest BCUT2D eigenvalue weighted by Crippen LogP contribution is 2.24. The molecule has 2 atom stereocenters. The number of carbonyl (C=O) groups excluding carboxylic acids is 1. The highest BCUT2D eigenvalue weighted by Gasteiger charge is 2.27. The molecule has 1 rings (SSSR count). The van der Waals surface area contributed by atoms with Crippen molar-refractivity contribution in [3.63, 3.8) is 0 Å². The van der Waals surface area contributed by atoms with Gasteiger partial charge in [-0.25, -0.2) is 0 Å². The van der Waals surface area contributed by atoms with E-state index in [1.165, 1.54) is 19.4 Å². The van der Waals surface area contributed by atoms with Crippen molar-refractivity contribution in [2.75, 3.05) is 13.1 Å². The lowest BCUT2D eigenvalue weighted by Crippen LogP contribution is -2.49. The van der Waals surface area contributed by atoms with E-state index in [0.717, 1.165) is 31.3 Å². The summed E-state index contributed by atoms with van der Waals surface area (Å²) < 4.78 is 0. The number of hydrogen-bond acceptors (Lipinski definition) is 3. The Morgan fingerprint density at radius 2 is 2.11 bits per heavy atom. The Hall–Kier alpha value is -0.610. The van der Waals surface area contributed by atoms with Gasteiger partial charge >= 0.3 is 0 Å². The van der Waals surface area contributed by atoms with Crippen molar-refractivity contribution in [2.45, 2.75) is 64.5 Å². The van der Waals surface area contributed by atoms with E-state index in [-0.39, 0.29) is 0 Å². The molecule has 4 heteroatoms. The first kappa shape index (κ1) is 15.4. The molecule has 0 saturated carbocycles. The average Bonchev–Trinajstić information content (AvgIpc) is 2.72. The number of carbonyl (C=O) groups is 1. The number of amides is 1. The van der Waals surface area contributed by atoms with Gasteiger partial charge in [0.15, 0.2) is 0 Å². The predicted molar refractivity (Wildman–Crippen MR) is 75.1 cm³/mol. The standard InChI is InChI=1S/C14H29N3O/c1-11(2)12-7-6-10-17(12)9-5-4-8-14(3,16)13(15)18/h11-12H,4-10,16H2,1-3H3,(H2,15,18). The van der Waals surface area contributed by atoms with Crippen molar-refractivity contribution >= 4 is 5.91 Å². The zero-order chi connectivity index (χ0) is 13.8. The third-order valence-corrected chi connectivity index (χ3v) is 4.14. The third kappa shape index (κ3) is 4.25. The Balaban J connectivity index is 2.24. The van der Waals surface area contributed by atoms with Crippen molar-refractivity contribution < 1.29 is 4.79 Å². The molecule has 1 heterocycles. The molecule has 2 unspecified atom stereocenters. The smallest absolute Gasteiger partial charge is 0.237 e. The fourth-order valence-corrected chi connectivity index (χ4v) is 2.81. The van der Waals surface area contributed by atoms with Gasteiger partial charge in [0.1, 0.15) is 0 Å². The summed E-state index contributed by atoms with van der Waals surface area (Å²) in [6, 6.07) is 0.741. The van der Waals surface area contributed by atoms with E-state index in [1.54, 1.807) is 6.92 Å². The van der Waals surface area contributed by atoms with Crippen molar-refractivity contribution in [2.24, 2.45) is 17.4 Å². The van der Waals surface area contributed by atoms with Gasteiger partial charge in [-0.15, -0.1) is 0 Å². The summed E-state index contributed by atoms with van der Waals surface area (Å²) in [7, 11) is 0. The highest BCUT2D eigenvalue weighted by molar-refractivity contribution is 5.83. The Bertz CT molecular complexity index is 276. The van der Waals surface area contributed by atoms with Gasteiger partial charge in [-0.3, -0.25) is 4.79 Å². The van der Waals surface area contributed by atoms with Crippen LogP contribution in [0.15, 0.2) is 0 Å². The molecule has 0 aliphatic carbocycles. The lowest BCUT2D eigenvalue weighted by molar-refractivity contribution is -0.122. The van der Waals surface area contributed by atoms with E-state index in [2.05, 4.69) is 18.7 Å². The van der Waals surface area contributed by atoms with Gasteiger partial charge in [0, 0.05) is 6.04 Å². The molecule has 18 heavy (non-hydrogen) atoms. The van der Waals surface area contributed by atoms with Gasteiger partial charge in [0.05, 0.1) is 5.54 Å².